The lowest BCUT2D eigenvalue weighted by molar-refractivity contribution is 0.0228. The highest BCUT2D eigenvalue weighted by Crippen LogP contribution is 2.37. The number of carbonyl (C=O) groups is 1. The topological polar surface area (TPSA) is 75.1 Å². The van der Waals surface area contributed by atoms with Crippen LogP contribution in [-0.2, 0) is 0 Å². The Morgan fingerprint density at radius 3 is 2.68 bits per heavy atom. The van der Waals surface area contributed by atoms with Crippen LogP contribution in [0.5, 0.6) is 0 Å². The summed E-state index contributed by atoms with van der Waals surface area (Å²) in [5.41, 5.74) is 2.29. The molecule has 3 aromatic rings. The summed E-state index contributed by atoms with van der Waals surface area (Å²) in [6.45, 7) is 0. The average Bonchev–Trinajstić information content (AvgIpc) is 2.64. The number of carbonyl (C=O) groups excluding carboxylic acids is 1. The van der Waals surface area contributed by atoms with Crippen molar-refractivity contribution in [1.29, 1.82) is 0 Å². The number of benzene rings is 1. The number of hydrogen-bond acceptors (Lipinski definition) is 4. The molecule has 1 fully saturated rings. The van der Waals surface area contributed by atoms with Gasteiger partial charge in [0.2, 0.25) is 0 Å². The zero-order chi connectivity index (χ0) is 17.2. The van der Waals surface area contributed by atoms with Crippen molar-refractivity contribution in [2.24, 2.45) is 5.92 Å². The van der Waals surface area contributed by atoms with E-state index in [9.17, 15) is 9.90 Å². The van der Waals surface area contributed by atoms with Gasteiger partial charge in [-0.1, -0.05) is 12.1 Å². The second-order valence-corrected chi connectivity index (χ2v) is 6.50. The van der Waals surface area contributed by atoms with E-state index in [0.717, 1.165) is 16.6 Å². The number of amides is 1. The largest absolute Gasteiger partial charge is 0.393 e. The van der Waals surface area contributed by atoms with E-state index < -0.39 is 0 Å². The number of rotatable bonds is 4. The molecule has 4 rings (SSSR count). The third-order valence-electron chi connectivity index (χ3n) is 4.78. The summed E-state index contributed by atoms with van der Waals surface area (Å²) in [5.74, 6) is 0.0683. The van der Waals surface area contributed by atoms with Crippen molar-refractivity contribution in [3.05, 3.63) is 72.2 Å². The van der Waals surface area contributed by atoms with Gasteiger partial charge in [0, 0.05) is 23.3 Å². The van der Waals surface area contributed by atoms with E-state index in [1.807, 2.05) is 42.5 Å². The van der Waals surface area contributed by atoms with Crippen LogP contribution in [-0.4, -0.2) is 27.1 Å². The average molecular weight is 333 g/mol. The van der Waals surface area contributed by atoms with Gasteiger partial charge in [-0.2, -0.15) is 0 Å². The summed E-state index contributed by atoms with van der Waals surface area (Å²) in [6.07, 6.45) is 4.55. The predicted molar refractivity (Wildman–Crippen MR) is 94.9 cm³/mol. The first-order valence-corrected chi connectivity index (χ1v) is 8.45. The van der Waals surface area contributed by atoms with E-state index >= 15 is 0 Å². The first-order valence-electron chi connectivity index (χ1n) is 8.45. The molecule has 126 valence electrons. The monoisotopic (exact) mass is 333 g/mol. The van der Waals surface area contributed by atoms with Crippen LogP contribution < -0.4 is 5.32 Å². The minimum Gasteiger partial charge on any atom is -0.393 e. The fourth-order valence-corrected chi connectivity index (χ4v) is 3.34. The molecule has 1 saturated carbocycles. The van der Waals surface area contributed by atoms with Crippen molar-refractivity contribution < 1.29 is 9.90 Å². The summed E-state index contributed by atoms with van der Waals surface area (Å²) in [7, 11) is 0. The van der Waals surface area contributed by atoms with Crippen LogP contribution in [0, 0.1) is 5.92 Å². The number of aliphatic hydroxyl groups excluding tert-OH is 1. The maximum Gasteiger partial charge on any atom is 0.251 e. The number of nitrogens with one attached hydrogen (secondary N) is 1. The van der Waals surface area contributed by atoms with Crippen LogP contribution in [0.15, 0.2) is 60.9 Å². The molecule has 1 atom stereocenters. The van der Waals surface area contributed by atoms with E-state index in [0.29, 0.717) is 18.4 Å². The number of nitrogens with zero attached hydrogens (tertiary/aromatic N) is 2. The Morgan fingerprint density at radius 2 is 1.92 bits per heavy atom. The number of hydrogen-bond donors (Lipinski definition) is 2. The summed E-state index contributed by atoms with van der Waals surface area (Å²) < 4.78 is 0. The van der Waals surface area contributed by atoms with Crippen LogP contribution in [0.2, 0.25) is 0 Å². The fourth-order valence-electron chi connectivity index (χ4n) is 3.34. The van der Waals surface area contributed by atoms with Crippen LogP contribution in [0.4, 0.5) is 0 Å². The van der Waals surface area contributed by atoms with Gasteiger partial charge in [-0.25, -0.2) is 0 Å². The lowest BCUT2D eigenvalue weighted by Crippen LogP contribution is -2.41. The summed E-state index contributed by atoms with van der Waals surface area (Å²) in [5, 5.41) is 13.7. The van der Waals surface area contributed by atoms with Crippen molar-refractivity contribution in [2.75, 3.05) is 0 Å². The Hall–Kier alpha value is -2.79. The Kier molecular flexibility index (Phi) is 4.15. The molecule has 0 unspecified atom stereocenters. The molecule has 1 aliphatic rings. The molecule has 1 aliphatic carbocycles. The Balaban J connectivity index is 1.59. The van der Waals surface area contributed by atoms with Crippen LogP contribution in [0.1, 0.15) is 34.9 Å². The molecule has 0 aliphatic heterocycles. The quantitative estimate of drug-likeness (QED) is 0.770. The van der Waals surface area contributed by atoms with Crippen LogP contribution in [0.3, 0.4) is 0 Å². The zero-order valence-electron chi connectivity index (χ0n) is 13.7. The second-order valence-electron chi connectivity index (χ2n) is 6.50. The first kappa shape index (κ1) is 15.7. The van der Waals surface area contributed by atoms with Crippen molar-refractivity contribution in [2.45, 2.75) is 25.0 Å². The summed E-state index contributed by atoms with van der Waals surface area (Å²) in [6, 6.07) is 14.8. The van der Waals surface area contributed by atoms with Crippen molar-refractivity contribution in [3.63, 3.8) is 0 Å². The molecule has 2 heterocycles. The van der Waals surface area contributed by atoms with Gasteiger partial charge in [0.25, 0.3) is 5.91 Å². The predicted octanol–water partition coefficient (Wildman–Crippen LogP) is 2.87. The van der Waals surface area contributed by atoms with Gasteiger partial charge in [0.05, 0.1) is 23.4 Å². The van der Waals surface area contributed by atoms with Gasteiger partial charge < -0.3 is 10.4 Å². The maximum atomic E-state index is 12.8. The van der Waals surface area contributed by atoms with Crippen molar-refractivity contribution >= 4 is 16.8 Å². The van der Waals surface area contributed by atoms with Gasteiger partial charge in [0.1, 0.15) is 0 Å². The minimum atomic E-state index is -0.278. The first-order chi connectivity index (χ1) is 12.2. The van der Waals surface area contributed by atoms with Crippen molar-refractivity contribution in [1.82, 2.24) is 15.3 Å². The van der Waals surface area contributed by atoms with Gasteiger partial charge in [0.15, 0.2) is 0 Å². The number of pyridine rings is 2. The SMILES string of the molecule is O=C(N[C@@H](c1ccccn1)C1CC(O)C1)c1ccc2ncccc2c1. The molecule has 5 nitrogen and oxygen atoms in total. The molecular weight excluding hydrogens is 314 g/mol. The standard InChI is InChI=1S/C20H19N3O2/c24-16-11-15(12-16)19(18-5-1-2-8-22-18)23-20(25)14-6-7-17-13(10-14)4-3-9-21-17/h1-10,15-16,19,24H,11-12H2,(H,23,25)/t15?,16?,19-/m1/s1. The fraction of sp³-hybridized carbons (Fsp3) is 0.250. The van der Waals surface area contributed by atoms with Crippen LogP contribution in [0.25, 0.3) is 10.9 Å². The highest BCUT2D eigenvalue weighted by Gasteiger charge is 2.36. The van der Waals surface area contributed by atoms with Crippen LogP contribution >= 0.6 is 0 Å². The number of aliphatic hydroxyl groups is 1. The minimum absolute atomic E-state index is 0.136. The smallest absolute Gasteiger partial charge is 0.251 e. The normalized spacial score (nSPS) is 20.7. The molecular formula is C20H19N3O2. The molecule has 25 heavy (non-hydrogen) atoms. The van der Waals surface area contributed by atoms with Crippen molar-refractivity contribution in [3.8, 4) is 0 Å². The molecule has 1 aromatic carbocycles. The molecule has 1 amide bonds. The lowest BCUT2D eigenvalue weighted by atomic mass is 9.76. The van der Waals surface area contributed by atoms with E-state index in [4.69, 9.17) is 0 Å². The third kappa shape index (κ3) is 3.23. The van der Waals surface area contributed by atoms with E-state index in [1.54, 1.807) is 18.5 Å². The Bertz CT molecular complexity index is 892. The summed E-state index contributed by atoms with van der Waals surface area (Å²) in [4.78, 5) is 21.5. The molecule has 0 bridgehead atoms. The van der Waals surface area contributed by atoms with Gasteiger partial charge in [-0.15, -0.1) is 0 Å². The number of aromatic nitrogens is 2. The highest BCUT2D eigenvalue weighted by atomic mass is 16.3. The Labute approximate surface area is 145 Å². The van der Waals surface area contributed by atoms with Gasteiger partial charge >= 0.3 is 0 Å². The lowest BCUT2D eigenvalue weighted by Gasteiger charge is -2.37. The molecule has 0 saturated heterocycles. The second kappa shape index (κ2) is 6.61. The molecule has 2 aromatic heterocycles. The van der Waals surface area contributed by atoms with E-state index in [-0.39, 0.29) is 24.0 Å². The van der Waals surface area contributed by atoms with Gasteiger partial charge in [-0.05, 0) is 55.2 Å². The molecule has 0 spiro atoms. The molecule has 2 N–H and O–H groups in total. The molecule has 0 radical (unpaired) electrons. The third-order valence-corrected chi connectivity index (χ3v) is 4.78. The van der Waals surface area contributed by atoms with Gasteiger partial charge in [-0.3, -0.25) is 14.8 Å². The number of fused-ring (bicyclic) bond motifs is 1. The maximum absolute atomic E-state index is 12.8. The van der Waals surface area contributed by atoms with E-state index in [1.165, 1.54) is 0 Å². The zero-order valence-corrected chi connectivity index (χ0v) is 13.7. The summed E-state index contributed by atoms with van der Waals surface area (Å²) >= 11 is 0. The molecule has 5 heteroatoms. The Morgan fingerprint density at radius 1 is 1.08 bits per heavy atom. The highest BCUT2D eigenvalue weighted by molar-refractivity contribution is 5.98. The van der Waals surface area contributed by atoms with E-state index in [2.05, 4.69) is 15.3 Å².